The van der Waals surface area contributed by atoms with Crippen LogP contribution in [-0.2, 0) is 39.0 Å². The number of aromatic nitrogens is 1. The van der Waals surface area contributed by atoms with Crippen LogP contribution in [0.15, 0.2) is 46.1 Å². The second-order valence-electron chi connectivity index (χ2n) is 10.1. The van der Waals surface area contributed by atoms with E-state index in [9.17, 15) is 13.2 Å². The SMILES string of the molecule is Cc1csc(S(=O)(=O)N(CC2(C)COC2)c2cc3c(cc2OCc2ccc(OCC(=O)O)cc2)CCC3)n1. The summed E-state index contributed by atoms with van der Waals surface area (Å²) in [4.78, 5) is 15.0. The highest BCUT2D eigenvalue weighted by Crippen LogP contribution is 2.41. The topological polar surface area (TPSA) is 115 Å². The van der Waals surface area contributed by atoms with Crippen molar-refractivity contribution in [2.24, 2.45) is 5.41 Å². The molecular weight excluding hydrogens is 528 g/mol. The summed E-state index contributed by atoms with van der Waals surface area (Å²) in [5.74, 6) is -0.102. The van der Waals surface area contributed by atoms with Gasteiger partial charge in [-0.2, -0.15) is 8.42 Å². The first-order valence-electron chi connectivity index (χ1n) is 12.4. The maximum absolute atomic E-state index is 14.0. The molecule has 2 aromatic carbocycles. The molecule has 0 amide bonds. The minimum Gasteiger partial charge on any atom is -0.487 e. The zero-order valence-corrected chi connectivity index (χ0v) is 22.9. The van der Waals surface area contributed by atoms with Gasteiger partial charge in [-0.1, -0.05) is 19.1 Å². The number of aliphatic carboxylic acids is 1. The summed E-state index contributed by atoms with van der Waals surface area (Å²) in [5, 5.41) is 10.5. The molecule has 3 aromatic rings. The molecule has 1 saturated heterocycles. The van der Waals surface area contributed by atoms with Crippen molar-refractivity contribution in [3.8, 4) is 11.5 Å². The van der Waals surface area contributed by atoms with Gasteiger partial charge in [-0.05, 0) is 67.1 Å². The Bertz CT molecular complexity index is 1430. The summed E-state index contributed by atoms with van der Waals surface area (Å²) in [6, 6.07) is 10.9. The van der Waals surface area contributed by atoms with Gasteiger partial charge in [0.15, 0.2) is 6.61 Å². The zero-order valence-electron chi connectivity index (χ0n) is 21.3. The third-order valence-electron chi connectivity index (χ3n) is 6.66. The number of nitrogens with zero attached hydrogens (tertiary/aromatic N) is 2. The van der Waals surface area contributed by atoms with E-state index in [-0.39, 0.29) is 22.9 Å². The van der Waals surface area contributed by atoms with Crippen molar-refractivity contribution in [2.45, 2.75) is 44.1 Å². The molecule has 38 heavy (non-hydrogen) atoms. The number of ether oxygens (including phenoxy) is 3. The molecule has 0 unspecified atom stereocenters. The average molecular weight is 559 g/mol. The number of carboxylic acid groups (broad SMARTS) is 1. The van der Waals surface area contributed by atoms with Crippen molar-refractivity contribution >= 4 is 33.0 Å². The molecule has 11 heteroatoms. The number of thiazole rings is 1. The largest absolute Gasteiger partial charge is 0.487 e. The summed E-state index contributed by atoms with van der Waals surface area (Å²) in [6.07, 6.45) is 2.83. The van der Waals surface area contributed by atoms with Crippen molar-refractivity contribution in [1.29, 1.82) is 0 Å². The Kier molecular flexibility index (Phi) is 7.34. The maximum atomic E-state index is 14.0. The summed E-state index contributed by atoms with van der Waals surface area (Å²) < 4.78 is 46.3. The monoisotopic (exact) mass is 558 g/mol. The molecule has 1 fully saturated rings. The van der Waals surface area contributed by atoms with Gasteiger partial charge in [0, 0.05) is 23.0 Å². The molecule has 0 atom stereocenters. The van der Waals surface area contributed by atoms with E-state index in [1.165, 1.54) is 9.87 Å². The Balaban J connectivity index is 1.47. The van der Waals surface area contributed by atoms with Gasteiger partial charge in [-0.15, -0.1) is 11.3 Å². The summed E-state index contributed by atoms with van der Waals surface area (Å²) in [6.45, 7) is 4.80. The Morgan fingerprint density at radius 2 is 1.87 bits per heavy atom. The van der Waals surface area contributed by atoms with Crippen molar-refractivity contribution < 1.29 is 32.5 Å². The standard InChI is InChI=1S/C27H30N2O7S2/c1-18-14-37-26(28-18)38(32,33)29(15-27(2)16-34-17-27)23-10-20-4-3-5-21(20)11-24(23)36-12-19-6-8-22(9-7-19)35-13-25(30)31/h6-11,14H,3-5,12-13,15-17H2,1-2H3,(H,30,31). The van der Waals surface area contributed by atoms with Crippen LogP contribution in [-0.4, -0.2) is 50.8 Å². The lowest BCUT2D eigenvalue weighted by molar-refractivity contribution is -0.139. The fourth-order valence-electron chi connectivity index (χ4n) is 4.62. The molecule has 1 aliphatic carbocycles. The van der Waals surface area contributed by atoms with Gasteiger partial charge < -0.3 is 19.3 Å². The highest BCUT2D eigenvalue weighted by Gasteiger charge is 2.41. The van der Waals surface area contributed by atoms with Gasteiger partial charge in [0.2, 0.25) is 4.34 Å². The van der Waals surface area contributed by atoms with Crippen LogP contribution in [0, 0.1) is 12.3 Å². The van der Waals surface area contributed by atoms with Crippen LogP contribution in [0.2, 0.25) is 0 Å². The van der Waals surface area contributed by atoms with Crippen molar-refractivity contribution in [2.75, 3.05) is 30.7 Å². The molecule has 1 aromatic heterocycles. The molecule has 202 valence electrons. The molecular formula is C27H30N2O7S2. The Labute approximate surface area is 226 Å². The number of hydrogen-bond acceptors (Lipinski definition) is 8. The number of fused-ring (bicyclic) bond motifs is 1. The predicted octanol–water partition coefficient (Wildman–Crippen LogP) is 4.21. The van der Waals surface area contributed by atoms with Crippen LogP contribution >= 0.6 is 11.3 Å². The third kappa shape index (κ3) is 5.64. The smallest absolute Gasteiger partial charge is 0.341 e. The van der Waals surface area contributed by atoms with E-state index in [0.29, 0.717) is 36.1 Å². The minimum atomic E-state index is -3.94. The van der Waals surface area contributed by atoms with E-state index in [0.717, 1.165) is 41.7 Å². The van der Waals surface area contributed by atoms with Gasteiger partial charge in [0.1, 0.15) is 18.1 Å². The summed E-state index contributed by atoms with van der Waals surface area (Å²) >= 11 is 1.12. The van der Waals surface area contributed by atoms with Crippen LogP contribution in [0.1, 0.15) is 35.7 Å². The van der Waals surface area contributed by atoms with Gasteiger partial charge in [-0.3, -0.25) is 4.31 Å². The first kappa shape index (κ1) is 26.5. The number of sulfonamides is 1. The lowest BCUT2D eigenvalue weighted by Crippen LogP contribution is -2.50. The lowest BCUT2D eigenvalue weighted by Gasteiger charge is -2.42. The Morgan fingerprint density at radius 3 is 2.47 bits per heavy atom. The Hall–Kier alpha value is -3.15. The lowest BCUT2D eigenvalue weighted by atomic mass is 9.88. The van der Waals surface area contributed by atoms with Crippen LogP contribution in [0.25, 0.3) is 0 Å². The molecule has 1 N–H and O–H groups in total. The van der Waals surface area contributed by atoms with E-state index in [1.807, 2.05) is 19.1 Å². The van der Waals surface area contributed by atoms with E-state index in [1.54, 1.807) is 36.6 Å². The van der Waals surface area contributed by atoms with Crippen molar-refractivity contribution in [3.05, 3.63) is 64.2 Å². The van der Waals surface area contributed by atoms with E-state index < -0.39 is 22.6 Å². The Morgan fingerprint density at radius 1 is 1.16 bits per heavy atom. The second-order valence-corrected chi connectivity index (χ2v) is 13.0. The fraction of sp³-hybridized carbons (Fsp3) is 0.407. The summed E-state index contributed by atoms with van der Waals surface area (Å²) in [5.41, 5.74) is 3.99. The van der Waals surface area contributed by atoms with Crippen LogP contribution in [0.5, 0.6) is 11.5 Å². The average Bonchev–Trinajstić information content (AvgIpc) is 3.52. The van der Waals surface area contributed by atoms with E-state index >= 15 is 0 Å². The fourth-order valence-corrected chi connectivity index (χ4v) is 7.37. The summed E-state index contributed by atoms with van der Waals surface area (Å²) in [7, 11) is -3.94. The first-order chi connectivity index (χ1) is 18.1. The molecule has 0 radical (unpaired) electrons. The molecule has 1 aliphatic heterocycles. The molecule has 2 aliphatic rings. The van der Waals surface area contributed by atoms with Crippen molar-refractivity contribution in [3.63, 3.8) is 0 Å². The number of rotatable bonds is 11. The molecule has 0 spiro atoms. The number of benzene rings is 2. The van der Waals surface area contributed by atoms with Gasteiger partial charge >= 0.3 is 5.97 Å². The maximum Gasteiger partial charge on any atom is 0.341 e. The van der Waals surface area contributed by atoms with E-state index in [2.05, 4.69) is 4.98 Å². The normalized spacial score (nSPS) is 15.9. The molecule has 2 heterocycles. The number of carboxylic acids is 1. The third-order valence-corrected chi connectivity index (χ3v) is 9.77. The van der Waals surface area contributed by atoms with Gasteiger partial charge in [0.25, 0.3) is 10.0 Å². The number of aryl methyl sites for hydroxylation is 3. The van der Waals surface area contributed by atoms with Gasteiger partial charge in [-0.25, -0.2) is 9.78 Å². The zero-order chi connectivity index (χ0) is 26.9. The minimum absolute atomic E-state index is 0.0576. The van der Waals surface area contributed by atoms with Crippen LogP contribution in [0.4, 0.5) is 5.69 Å². The number of anilines is 1. The van der Waals surface area contributed by atoms with Crippen LogP contribution < -0.4 is 13.8 Å². The second kappa shape index (κ2) is 10.5. The highest BCUT2D eigenvalue weighted by molar-refractivity contribution is 7.94. The number of hydrogen-bond donors (Lipinski definition) is 1. The number of carbonyl (C=O) groups is 1. The highest BCUT2D eigenvalue weighted by atomic mass is 32.2. The quantitative estimate of drug-likeness (QED) is 0.372. The molecule has 5 rings (SSSR count). The van der Waals surface area contributed by atoms with Gasteiger partial charge in [0.05, 0.1) is 18.9 Å². The van der Waals surface area contributed by atoms with Crippen LogP contribution in [0.3, 0.4) is 0 Å². The van der Waals surface area contributed by atoms with Crippen molar-refractivity contribution in [1.82, 2.24) is 4.98 Å². The first-order valence-corrected chi connectivity index (χ1v) is 14.7. The van der Waals surface area contributed by atoms with E-state index in [4.69, 9.17) is 19.3 Å². The molecule has 0 bridgehead atoms. The molecule has 0 saturated carbocycles. The predicted molar refractivity (Wildman–Crippen MR) is 143 cm³/mol. The molecule has 9 nitrogen and oxygen atoms in total.